The molecule has 190 valence electrons. The minimum atomic E-state index is -2.38. The second-order valence-corrected chi connectivity index (χ2v) is 14.9. The SMILES string of the molecule is C#Cc1ccc(COC(=O)C(CO)(CO[Si](C)(C)C(C)(C)C)C(=O)OCc2ccc(C#C)cc2)cc1. The number of rotatable bonds is 10. The fraction of sp³-hybridized carbons (Fsp3) is 0.379. The second kappa shape index (κ2) is 12.1. The molecule has 0 saturated carbocycles. The van der Waals surface area contributed by atoms with Crippen molar-refractivity contribution in [2.75, 3.05) is 13.2 Å². The van der Waals surface area contributed by atoms with Crippen LogP contribution >= 0.6 is 0 Å². The van der Waals surface area contributed by atoms with E-state index in [9.17, 15) is 14.7 Å². The third-order valence-electron chi connectivity index (χ3n) is 6.52. The molecule has 0 unspecified atom stereocenters. The van der Waals surface area contributed by atoms with E-state index >= 15 is 0 Å². The lowest BCUT2D eigenvalue weighted by Gasteiger charge is -2.38. The molecule has 0 aliphatic rings. The fourth-order valence-corrected chi connectivity index (χ4v) is 3.90. The molecule has 0 amide bonds. The van der Waals surface area contributed by atoms with E-state index < -0.39 is 32.3 Å². The average molecular weight is 507 g/mol. The molecule has 36 heavy (non-hydrogen) atoms. The number of carbonyl (C=O) groups excluding carboxylic acids is 2. The Hall–Kier alpha value is -3.36. The molecule has 6 nitrogen and oxygen atoms in total. The van der Waals surface area contributed by atoms with Crippen LogP contribution in [0.1, 0.15) is 43.0 Å². The van der Waals surface area contributed by atoms with Crippen LogP contribution in [0.4, 0.5) is 0 Å². The number of terminal acetylenes is 2. The minimum absolute atomic E-state index is 0.105. The lowest BCUT2D eigenvalue weighted by molar-refractivity contribution is -0.180. The molecule has 0 radical (unpaired) electrons. The van der Waals surface area contributed by atoms with Crippen molar-refractivity contribution < 1.29 is 28.6 Å². The molecular formula is C29H34O6Si. The molecule has 0 saturated heterocycles. The van der Waals surface area contributed by atoms with E-state index in [1.807, 2.05) is 33.9 Å². The van der Waals surface area contributed by atoms with Crippen LogP contribution < -0.4 is 0 Å². The third-order valence-corrected chi connectivity index (χ3v) is 11.0. The van der Waals surface area contributed by atoms with Crippen molar-refractivity contribution >= 4 is 20.3 Å². The normalized spacial score (nSPS) is 11.8. The summed E-state index contributed by atoms with van der Waals surface area (Å²) in [6, 6.07) is 13.8. The van der Waals surface area contributed by atoms with Crippen molar-refractivity contribution in [3.05, 3.63) is 70.8 Å². The Kier molecular flexibility index (Phi) is 9.67. The van der Waals surface area contributed by atoms with E-state index in [0.717, 1.165) is 0 Å². The maximum absolute atomic E-state index is 13.3. The Morgan fingerprint density at radius 2 is 1.22 bits per heavy atom. The Labute approximate surface area is 215 Å². The van der Waals surface area contributed by atoms with Crippen LogP contribution in [0.2, 0.25) is 18.1 Å². The molecule has 0 bridgehead atoms. The maximum atomic E-state index is 13.3. The van der Waals surface area contributed by atoms with Crippen LogP contribution in [0.5, 0.6) is 0 Å². The molecule has 2 aromatic carbocycles. The molecule has 1 N–H and O–H groups in total. The van der Waals surface area contributed by atoms with Gasteiger partial charge in [0.1, 0.15) is 13.2 Å². The van der Waals surface area contributed by atoms with E-state index in [1.165, 1.54) is 0 Å². The number of benzene rings is 2. The van der Waals surface area contributed by atoms with Gasteiger partial charge in [0.2, 0.25) is 5.41 Å². The topological polar surface area (TPSA) is 82.1 Å². The zero-order chi connectivity index (χ0) is 27.0. The number of esters is 2. The molecule has 0 aliphatic carbocycles. The number of ether oxygens (including phenoxy) is 2. The Morgan fingerprint density at radius 1 is 0.833 bits per heavy atom. The summed E-state index contributed by atoms with van der Waals surface area (Å²) in [4.78, 5) is 26.6. The lowest BCUT2D eigenvalue weighted by atomic mass is 9.90. The number of carbonyl (C=O) groups is 2. The first-order valence-electron chi connectivity index (χ1n) is 11.6. The zero-order valence-electron chi connectivity index (χ0n) is 21.6. The van der Waals surface area contributed by atoms with Crippen LogP contribution in [0.15, 0.2) is 48.5 Å². The summed E-state index contributed by atoms with van der Waals surface area (Å²) in [5.74, 6) is 3.20. The highest BCUT2D eigenvalue weighted by molar-refractivity contribution is 6.74. The predicted octanol–water partition coefficient (Wildman–Crippen LogP) is 4.44. The van der Waals surface area contributed by atoms with Gasteiger partial charge in [-0.2, -0.15) is 0 Å². The number of aliphatic hydroxyl groups is 1. The Morgan fingerprint density at radius 3 is 1.53 bits per heavy atom. The smallest absolute Gasteiger partial charge is 0.328 e. The first kappa shape index (κ1) is 28.9. The van der Waals surface area contributed by atoms with E-state index in [4.69, 9.17) is 26.7 Å². The zero-order valence-corrected chi connectivity index (χ0v) is 22.6. The summed E-state index contributed by atoms with van der Waals surface area (Å²) in [6.07, 6.45) is 10.8. The molecule has 2 aromatic rings. The van der Waals surface area contributed by atoms with Gasteiger partial charge in [-0.15, -0.1) is 12.8 Å². The molecule has 0 heterocycles. The minimum Gasteiger partial charge on any atom is -0.460 e. The summed E-state index contributed by atoms with van der Waals surface area (Å²) in [5, 5.41) is 10.2. The van der Waals surface area contributed by atoms with Gasteiger partial charge in [0, 0.05) is 11.1 Å². The average Bonchev–Trinajstić information content (AvgIpc) is 2.86. The number of hydrogen-bond donors (Lipinski definition) is 1. The van der Waals surface area contributed by atoms with E-state index in [-0.39, 0.29) is 24.9 Å². The summed E-state index contributed by atoms with van der Waals surface area (Å²) in [7, 11) is -2.38. The van der Waals surface area contributed by atoms with Crippen LogP contribution in [-0.2, 0) is 36.7 Å². The van der Waals surface area contributed by atoms with Gasteiger partial charge in [-0.05, 0) is 53.5 Å². The summed E-state index contributed by atoms with van der Waals surface area (Å²) in [6.45, 7) is 8.70. The summed E-state index contributed by atoms with van der Waals surface area (Å²) in [5.41, 5.74) is 0.711. The first-order valence-corrected chi connectivity index (χ1v) is 14.5. The van der Waals surface area contributed by atoms with Crippen molar-refractivity contribution in [3.8, 4) is 24.7 Å². The molecule has 0 fully saturated rings. The number of aliphatic hydroxyl groups excluding tert-OH is 1. The largest absolute Gasteiger partial charge is 0.460 e. The van der Waals surface area contributed by atoms with Crippen LogP contribution in [0.25, 0.3) is 0 Å². The van der Waals surface area contributed by atoms with E-state index in [1.54, 1.807) is 48.5 Å². The van der Waals surface area contributed by atoms with Crippen molar-refractivity contribution in [1.82, 2.24) is 0 Å². The highest BCUT2D eigenvalue weighted by Crippen LogP contribution is 2.38. The maximum Gasteiger partial charge on any atom is 0.328 e. The lowest BCUT2D eigenvalue weighted by Crippen LogP contribution is -2.52. The van der Waals surface area contributed by atoms with Crippen molar-refractivity contribution in [2.24, 2.45) is 5.41 Å². The van der Waals surface area contributed by atoms with Gasteiger partial charge in [-0.1, -0.05) is 56.9 Å². The molecule has 2 rings (SSSR count). The summed E-state index contributed by atoms with van der Waals surface area (Å²) < 4.78 is 17.1. The summed E-state index contributed by atoms with van der Waals surface area (Å²) >= 11 is 0. The van der Waals surface area contributed by atoms with Gasteiger partial charge >= 0.3 is 11.9 Å². The van der Waals surface area contributed by atoms with Crippen LogP contribution in [0, 0.1) is 30.1 Å². The van der Waals surface area contributed by atoms with E-state index in [2.05, 4.69) is 11.8 Å². The molecular weight excluding hydrogens is 472 g/mol. The molecule has 0 atom stereocenters. The van der Waals surface area contributed by atoms with Crippen molar-refractivity contribution in [1.29, 1.82) is 0 Å². The highest BCUT2D eigenvalue weighted by Gasteiger charge is 2.51. The van der Waals surface area contributed by atoms with E-state index in [0.29, 0.717) is 22.3 Å². The van der Waals surface area contributed by atoms with Gasteiger partial charge < -0.3 is 19.0 Å². The van der Waals surface area contributed by atoms with Crippen molar-refractivity contribution in [2.45, 2.75) is 52.1 Å². The second-order valence-electron chi connectivity index (χ2n) is 10.1. The van der Waals surface area contributed by atoms with Gasteiger partial charge in [0.15, 0.2) is 8.32 Å². The monoisotopic (exact) mass is 506 g/mol. The van der Waals surface area contributed by atoms with Crippen LogP contribution in [-0.4, -0.2) is 38.6 Å². The van der Waals surface area contributed by atoms with Gasteiger partial charge in [0.25, 0.3) is 0 Å². The third kappa shape index (κ3) is 7.08. The standard InChI is InChI=1S/C29H34O6Si/c1-8-22-10-14-24(15-11-22)18-33-26(31)29(20-30,21-35-36(6,7)28(3,4)5)27(32)34-19-25-16-12-23(9-2)13-17-25/h1-2,10-17,30H,18-21H2,3-7H3. The Balaban J connectivity index is 2.25. The fourth-order valence-electron chi connectivity index (χ4n) is 2.86. The van der Waals surface area contributed by atoms with Crippen LogP contribution in [0.3, 0.4) is 0 Å². The Bertz CT molecular complexity index is 1060. The predicted molar refractivity (Wildman–Crippen MR) is 141 cm³/mol. The highest BCUT2D eigenvalue weighted by atomic mass is 28.4. The quantitative estimate of drug-likeness (QED) is 0.222. The molecule has 0 aliphatic heterocycles. The van der Waals surface area contributed by atoms with Gasteiger partial charge in [-0.25, -0.2) is 0 Å². The molecule has 7 heteroatoms. The number of hydrogen-bond acceptors (Lipinski definition) is 6. The van der Waals surface area contributed by atoms with Gasteiger partial charge in [0.05, 0.1) is 13.2 Å². The molecule has 0 spiro atoms. The molecule has 0 aromatic heterocycles. The van der Waals surface area contributed by atoms with Crippen molar-refractivity contribution in [3.63, 3.8) is 0 Å². The van der Waals surface area contributed by atoms with Gasteiger partial charge in [-0.3, -0.25) is 9.59 Å². The first-order chi connectivity index (χ1) is 16.9.